The maximum atomic E-state index is 12.5. The number of fused-ring (bicyclic) bond motifs is 1. The van der Waals surface area contributed by atoms with Crippen LogP contribution in [0, 0.1) is 0 Å². The third-order valence-electron chi connectivity index (χ3n) is 4.55. The Labute approximate surface area is 156 Å². The Bertz CT molecular complexity index is 977. The van der Waals surface area contributed by atoms with Crippen molar-refractivity contribution in [1.29, 1.82) is 0 Å². The number of aromatic nitrogens is 3. The Kier molecular flexibility index (Phi) is 4.69. The van der Waals surface area contributed by atoms with E-state index in [1.54, 1.807) is 24.3 Å². The largest absolute Gasteiger partial charge is 0.339 e. The van der Waals surface area contributed by atoms with E-state index < -0.39 is 0 Å². The molecular weight excluding hydrogens is 344 g/mol. The molecular formula is C19H20N6O2. The lowest BCUT2D eigenvalue weighted by Crippen LogP contribution is -2.29. The van der Waals surface area contributed by atoms with Crippen molar-refractivity contribution in [2.75, 3.05) is 18.4 Å². The normalized spacial score (nSPS) is 13.7. The molecule has 8 nitrogen and oxygen atoms in total. The molecule has 0 atom stereocenters. The molecule has 27 heavy (non-hydrogen) atoms. The van der Waals surface area contributed by atoms with E-state index >= 15 is 0 Å². The molecule has 1 fully saturated rings. The van der Waals surface area contributed by atoms with Crippen molar-refractivity contribution in [3.8, 4) is 0 Å². The average Bonchev–Trinajstić information content (AvgIpc) is 3.36. The number of amides is 3. The highest BCUT2D eigenvalue weighted by atomic mass is 16.2. The zero-order chi connectivity index (χ0) is 18.6. The molecule has 4 rings (SSSR count). The number of hydrogen-bond acceptors (Lipinski definition) is 4. The molecule has 138 valence electrons. The lowest BCUT2D eigenvalue weighted by Gasteiger charge is -2.15. The second-order valence-corrected chi connectivity index (χ2v) is 6.43. The number of hydrogen-bond donors (Lipinski definition) is 2. The molecule has 0 unspecified atom stereocenters. The quantitative estimate of drug-likeness (QED) is 0.743. The van der Waals surface area contributed by atoms with Crippen LogP contribution < -0.4 is 10.6 Å². The minimum atomic E-state index is -0.367. The molecule has 8 heteroatoms. The molecule has 2 aromatic heterocycles. The highest BCUT2D eigenvalue weighted by Gasteiger charge is 2.19. The van der Waals surface area contributed by atoms with Crippen LogP contribution in [0.4, 0.5) is 10.5 Å². The standard InChI is InChI=1S/C19H20N6O2/c26-18(24-9-3-4-10-24)14-6-5-7-15(12-14)21-19(27)20-13-17-23-22-16-8-1-2-11-25(16)17/h1-2,5-8,11-12H,3-4,9-10,13H2,(H2,20,21,27). The summed E-state index contributed by atoms with van der Waals surface area (Å²) in [6, 6.07) is 12.2. The Morgan fingerprint density at radius 3 is 2.74 bits per heavy atom. The van der Waals surface area contributed by atoms with Crippen LogP contribution in [0.15, 0.2) is 48.7 Å². The van der Waals surface area contributed by atoms with E-state index in [0.29, 0.717) is 17.1 Å². The van der Waals surface area contributed by atoms with Crippen molar-refractivity contribution in [3.63, 3.8) is 0 Å². The first-order chi connectivity index (χ1) is 13.2. The number of anilines is 1. The van der Waals surface area contributed by atoms with Crippen LogP contribution in [-0.4, -0.2) is 44.5 Å². The number of benzene rings is 1. The fourth-order valence-corrected chi connectivity index (χ4v) is 3.18. The highest BCUT2D eigenvalue weighted by molar-refractivity contribution is 5.97. The van der Waals surface area contributed by atoms with Gasteiger partial charge in [0.15, 0.2) is 11.5 Å². The van der Waals surface area contributed by atoms with E-state index in [4.69, 9.17) is 0 Å². The summed E-state index contributed by atoms with van der Waals surface area (Å²) in [5.74, 6) is 0.644. The van der Waals surface area contributed by atoms with Gasteiger partial charge in [-0.15, -0.1) is 10.2 Å². The first-order valence-corrected chi connectivity index (χ1v) is 8.93. The fraction of sp³-hybridized carbons (Fsp3) is 0.263. The summed E-state index contributed by atoms with van der Waals surface area (Å²) in [4.78, 5) is 26.5. The number of carbonyl (C=O) groups excluding carboxylic acids is 2. The molecule has 0 aliphatic carbocycles. The van der Waals surface area contributed by atoms with Gasteiger partial charge in [0.25, 0.3) is 5.91 Å². The van der Waals surface area contributed by atoms with Crippen LogP contribution in [-0.2, 0) is 6.54 Å². The maximum Gasteiger partial charge on any atom is 0.319 e. The lowest BCUT2D eigenvalue weighted by atomic mass is 10.2. The van der Waals surface area contributed by atoms with E-state index in [1.807, 2.05) is 33.7 Å². The highest BCUT2D eigenvalue weighted by Crippen LogP contribution is 2.16. The Balaban J connectivity index is 1.38. The lowest BCUT2D eigenvalue weighted by molar-refractivity contribution is 0.0793. The molecule has 1 aromatic carbocycles. The number of urea groups is 1. The molecule has 0 spiro atoms. The first kappa shape index (κ1) is 17.0. The smallest absolute Gasteiger partial charge is 0.319 e. The number of pyridine rings is 1. The van der Waals surface area contributed by atoms with Gasteiger partial charge in [-0.25, -0.2) is 4.79 Å². The second-order valence-electron chi connectivity index (χ2n) is 6.43. The molecule has 1 saturated heterocycles. The molecule has 3 aromatic rings. The van der Waals surface area contributed by atoms with Crippen molar-refractivity contribution >= 4 is 23.3 Å². The molecule has 1 aliphatic rings. The summed E-state index contributed by atoms with van der Waals surface area (Å²) in [5, 5.41) is 13.6. The van der Waals surface area contributed by atoms with Gasteiger partial charge in [-0.3, -0.25) is 9.20 Å². The molecule has 2 N–H and O–H groups in total. The van der Waals surface area contributed by atoms with Crippen LogP contribution in [0.1, 0.15) is 29.0 Å². The third-order valence-corrected chi connectivity index (χ3v) is 4.55. The van der Waals surface area contributed by atoms with Gasteiger partial charge in [-0.05, 0) is 43.2 Å². The Morgan fingerprint density at radius 2 is 1.89 bits per heavy atom. The number of nitrogens with zero attached hydrogens (tertiary/aromatic N) is 4. The summed E-state index contributed by atoms with van der Waals surface area (Å²) in [6.07, 6.45) is 3.94. The van der Waals surface area contributed by atoms with Gasteiger partial charge in [-0.1, -0.05) is 12.1 Å². The van der Waals surface area contributed by atoms with E-state index in [-0.39, 0.29) is 18.5 Å². The molecule has 0 saturated carbocycles. The predicted molar refractivity (Wildman–Crippen MR) is 100 cm³/mol. The molecule has 3 heterocycles. The van der Waals surface area contributed by atoms with Gasteiger partial charge >= 0.3 is 6.03 Å². The number of nitrogens with one attached hydrogen (secondary N) is 2. The van der Waals surface area contributed by atoms with Crippen molar-refractivity contribution in [2.24, 2.45) is 0 Å². The van der Waals surface area contributed by atoms with E-state index in [1.165, 1.54) is 0 Å². The van der Waals surface area contributed by atoms with Crippen LogP contribution >= 0.6 is 0 Å². The van der Waals surface area contributed by atoms with Crippen molar-refractivity contribution in [3.05, 3.63) is 60.0 Å². The molecule has 1 aliphatic heterocycles. The summed E-state index contributed by atoms with van der Waals surface area (Å²) < 4.78 is 1.82. The van der Waals surface area contributed by atoms with Gasteiger partial charge in [0.1, 0.15) is 0 Å². The number of carbonyl (C=O) groups is 2. The topological polar surface area (TPSA) is 91.6 Å². The van der Waals surface area contributed by atoms with Gasteiger partial charge in [-0.2, -0.15) is 0 Å². The number of likely N-dealkylation sites (tertiary alicyclic amines) is 1. The zero-order valence-corrected chi connectivity index (χ0v) is 14.8. The summed E-state index contributed by atoms with van der Waals surface area (Å²) >= 11 is 0. The van der Waals surface area contributed by atoms with Crippen LogP contribution in [0.5, 0.6) is 0 Å². The first-order valence-electron chi connectivity index (χ1n) is 8.93. The SMILES string of the molecule is O=C(NCc1nnc2ccccn12)Nc1cccc(C(=O)N2CCCC2)c1. The monoisotopic (exact) mass is 364 g/mol. The minimum absolute atomic E-state index is 0.00601. The minimum Gasteiger partial charge on any atom is -0.339 e. The predicted octanol–water partition coefficient (Wildman–Crippen LogP) is 2.29. The van der Waals surface area contributed by atoms with Crippen LogP contribution in [0.3, 0.4) is 0 Å². The molecule has 0 bridgehead atoms. The fourth-order valence-electron chi connectivity index (χ4n) is 3.18. The van der Waals surface area contributed by atoms with Gasteiger partial charge in [0, 0.05) is 30.5 Å². The summed E-state index contributed by atoms with van der Waals surface area (Å²) in [6.45, 7) is 1.83. The summed E-state index contributed by atoms with van der Waals surface area (Å²) in [5.41, 5.74) is 1.88. The molecule has 0 radical (unpaired) electrons. The average molecular weight is 364 g/mol. The van der Waals surface area contributed by atoms with Gasteiger partial charge < -0.3 is 15.5 Å². The van der Waals surface area contributed by atoms with E-state index in [2.05, 4.69) is 20.8 Å². The van der Waals surface area contributed by atoms with Crippen molar-refractivity contribution < 1.29 is 9.59 Å². The maximum absolute atomic E-state index is 12.5. The number of rotatable bonds is 4. The Hall–Kier alpha value is -3.42. The van der Waals surface area contributed by atoms with E-state index in [0.717, 1.165) is 31.6 Å². The Morgan fingerprint density at radius 1 is 1.04 bits per heavy atom. The third kappa shape index (κ3) is 3.74. The second kappa shape index (κ2) is 7.45. The van der Waals surface area contributed by atoms with Crippen molar-refractivity contribution in [1.82, 2.24) is 24.8 Å². The van der Waals surface area contributed by atoms with Crippen molar-refractivity contribution in [2.45, 2.75) is 19.4 Å². The van der Waals surface area contributed by atoms with E-state index in [9.17, 15) is 9.59 Å². The van der Waals surface area contributed by atoms with Crippen LogP contribution in [0.2, 0.25) is 0 Å². The zero-order valence-electron chi connectivity index (χ0n) is 14.8. The van der Waals surface area contributed by atoms with Gasteiger partial charge in [0.05, 0.1) is 6.54 Å². The summed E-state index contributed by atoms with van der Waals surface area (Å²) in [7, 11) is 0. The molecule has 3 amide bonds. The van der Waals surface area contributed by atoms with Gasteiger partial charge in [0.2, 0.25) is 0 Å². The van der Waals surface area contributed by atoms with Crippen LogP contribution in [0.25, 0.3) is 5.65 Å².